The van der Waals surface area contributed by atoms with Gasteiger partial charge in [-0.05, 0) is 50.3 Å². The van der Waals surface area contributed by atoms with Gasteiger partial charge in [0, 0.05) is 6.54 Å². The second kappa shape index (κ2) is 6.28. The van der Waals surface area contributed by atoms with E-state index in [1.807, 2.05) is 6.92 Å². The summed E-state index contributed by atoms with van der Waals surface area (Å²) in [6.45, 7) is 2.25. The van der Waals surface area contributed by atoms with E-state index in [4.69, 9.17) is 5.73 Å². The van der Waals surface area contributed by atoms with Crippen LogP contribution in [0.3, 0.4) is 0 Å². The molecule has 2 heterocycles. The van der Waals surface area contributed by atoms with Gasteiger partial charge in [0.1, 0.15) is 23.1 Å². The molecule has 3 N–H and O–H groups in total. The van der Waals surface area contributed by atoms with E-state index < -0.39 is 17.2 Å². The fraction of sp³-hybridized carbons (Fsp3) is 0.316. The molecular formula is C19H17F2N5O. The Kier molecular flexibility index (Phi) is 4.04. The Hall–Kier alpha value is -3.05. The van der Waals surface area contributed by atoms with Gasteiger partial charge >= 0.3 is 0 Å². The zero-order valence-electron chi connectivity index (χ0n) is 14.6. The lowest BCUT2D eigenvalue weighted by Crippen LogP contribution is -2.34. The molecule has 0 atom stereocenters. The molecule has 1 saturated carbocycles. The number of halogens is 2. The van der Waals surface area contributed by atoms with Crippen LogP contribution in [0.5, 0.6) is 0 Å². The quantitative estimate of drug-likeness (QED) is 0.678. The molecule has 1 aliphatic rings. The molecule has 138 valence electrons. The van der Waals surface area contributed by atoms with E-state index in [9.17, 15) is 13.9 Å². The summed E-state index contributed by atoms with van der Waals surface area (Å²) in [4.78, 5) is 12.8. The average molecular weight is 369 g/mol. The van der Waals surface area contributed by atoms with Crippen LogP contribution in [0.4, 0.5) is 14.6 Å². The predicted molar refractivity (Wildman–Crippen MR) is 96.4 cm³/mol. The molecule has 0 saturated heterocycles. The van der Waals surface area contributed by atoms with Crippen LogP contribution in [0.25, 0.3) is 22.6 Å². The van der Waals surface area contributed by atoms with Gasteiger partial charge in [0.25, 0.3) is 0 Å². The van der Waals surface area contributed by atoms with Gasteiger partial charge in [-0.3, -0.25) is 0 Å². The number of benzene rings is 1. The number of aryl methyl sites for hydroxylation is 1. The summed E-state index contributed by atoms with van der Waals surface area (Å²) in [5.74, 6) is 4.84. The van der Waals surface area contributed by atoms with Crippen molar-refractivity contribution in [2.75, 3.05) is 5.73 Å². The largest absolute Gasteiger partial charge is 0.382 e. The van der Waals surface area contributed by atoms with Gasteiger partial charge in [-0.25, -0.2) is 23.7 Å². The van der Waals surface area contributed by atoms with Crippen molar-refractivity contribution >= 4 is 17.0 Å². The maximum absolute atomic E-state index is 14.2. The smallest absolute Gasteiger partial charge is 0.209 e. The summed E-state index contributed by atoms with van der Waals surface area (Å²) < 4.78 is 29.5. The number of fused-ring (bicyclic) bond motifs is 1. The Bertz CT molecular complexity index is 1110. The molecule has 6 nitrogen and oxygen atoms in total. The summed E-state index contributed by atoms with van der Waals surface area (Å²) in [5.41, 5.74) is 5.71. The van der Waals surface area contributed by atoms with Crippen molar-refractivity contribution in [2.45, 2.75) is 38.3 Å². The Morgan fingerprint density at radius 3 is 2.70 bits per heavy atom. The number of aromatic nitrogens is 4. The highest BCUT2D eigenvalue weighted by Gasteiger charge is 2.32. The zero-order valence-corrected chi connectivity index (χ0v) is 14.6. The summed E-state index contributed by atoms with van der Waals surface area (Å²) >= 11 is 0. The number of aliphatic hydroxyl groups is 1. The third-order valence-corrected chi connectivity index (χ3v) is 4.69. The Morgan fingerprint density at radius 1 is 1.26 bits per heavy atom. The molecule has 0 unspecified atom stereocenters. The van der Waals surface area contributed by atoms with E-state index in [0.29, 0.717) is 30.6 Å². The second-order valence-corrected chi connectivity index (χ2v) is 6.54. The predicted octanol–water partition coefficient (Wildman–Crippen LogP) is 2.64. The normalized spacial score (nSPS) is 15.3. The minimum atomic E-state index is -0.992. The standard InChI is InChI=1S/C19H17F2N5O/c1-2-26-17(12-10-11(20)4-5-13(12)21)25-15-16(22)23-14(24-18(15)26)6-9-19(27)7-3-8-19/h4-5,10,27H,2-3,7-8H2,1H3,(H2,22,23,24). The van der Waals surface area contributed by atoms with Crippen LogP contribution < -0.4 is 5.73 Å². The summed E-state index contributed by atoms with van der Waals surface area (Å²) in [7, 11) is 0. The number of nitrogens with zero attached hydrogens (tertiary/aromatic N) is 4. The first-order chi connectivity index (χ1) is 12.9. The number of imidazole rings is 1. The van der Waals surface area contributed by atoms with Gasteiger partial charge in [0.2, 0.25) is 5.82 Å². The van der Waals surface area contributed by atoms with E-state index in [-0.39, 0.29) is 23.0 Å². The molecule has 3 aromatic rings. The highest BCUT2D eigenvalue weighted by molar-refractivity contribution is 5.86. The molecule has 0 bridgehead atoms. The lowest BCUT2D eigenvalue weighted by Gasteiger charge is -2.30. The highest BCUT2D eigenvalue weighted by Crippen LogP contribution is 2.31. The molecule has 0 amide bonds. The van der Waals surface area contributed by atoms with Crippen LogP contribution in [-0.2, 0) is 6.54 Å². The SMILES string of the molecule is CCn1c(-c2cc(F)ccc2F)nc2c(N)nc(C#CC3(O)CCC3)nc21. The molecule has 1 fully saturated rings. The van der Waals surface area contributed by atoms with Crippen LogP contribution >= 0.6 is 0 Å². The van der Waals surface area contributed by atoms with Crippen LogP contribution in [0.2, 0.25) is 0 Å². The Balaban J connectivity index is 1.88. The maximum atomic E-state index is 14.2. The van der Waals surface area contributed by atoms with Crippen molar-refractivity contribution in [3.8, 4) is 23.2 Å². The summed E-state index contributed by atoms with van der Waals surface area (Å²) in [6.07, 6.45) is 2.17. The van der Waals surface area contributed by atoms with Gasteiger partial charge in [-0.15, -0.1) is 0 Å². The Morgan fingerprint density at radius 2 is 2.04 bits per heavy atom. The first-order valence-electron chi connectivity index (χ1n) is 8.65. The molecule has 1 aromatic carbocycles. The summed E-state index contributed by atoms with van der Waals surface area (Å²) in [6, 6.07) is 3.18. The molecule has 8 heteroatoms. The van der Waals surface area contributed by atoms with Gasteiger partial charge in [0.05, 0.1) is 5.56 Å². The number of hydrogen-bond donors (Lipinski definition) is 2. The van der Waals surface area contributed by atoms with Crippen molar-refractivity contribution in [1.29, 1.82) is 0 Å². The molecule has 4 rings (SSSR count). The molecule has 1 aliphatic carbocycles. The first kappa shape index (κ1) is 17.4. The minimum Gasteiger partial charge on any atom is -0.382 e. The van der Waals surface area contributed by atoms with Gasteiger partial charge < -0.3 is 15.4 Å². The van der Waals surface area contributed by atoms with E-state index in [1.54, 1.807) is 4.57 Å². The van der Waals surface area contributed by atoms with E-state index in [1.165, 1.54) is 0 Å². The third-order valence-electron chi connectivity index (χ3n) is 4.69. The second-order valence-electron chi connectivity index (χ2n) is 6.54. The number of rotatable bonds is 2. The van der Waals surface area contributed by atoms with E-state index in [0.717, 1.165) is 24.6 Å². The van der Waals surface area contributed by atoms with Crippen molar-refractivity contribution in [3.63, 3.8) is 0 Å². The van der Waals surface area contributed by atoms with E-state index in [2.05, 4.69) is 26.8 Å². The fourth-order valence-corrected chi connectivity index (χ4v) is 3.06. The monoisotopic (exact) mass is 369 g/mol. The van der Waals surface area contributed by atoms with Gasteiger partial charge in [-0.1, -0.05) is 5.92 Å². The van der Waals surface area contributed by atoms with Gasteiger partial charge in [-0.2, -0.15) is 0 Å². The molecule has 27 heavy (non-hydrogen) atoms. The van der Waals surface area contributed by atoms with Crippen molar-refractivity contribution in [3.05, 3.63) is 35.7 Å². The van der Waals surface area contributed by atoms with Gasteiger partial charge in [0.15, 0.2) is 17.0 Å². The fourth-order valence-electron chi connectivity index (χ4n) is 3.06. The van der Waals surface area contributed by atoms with Crippen molar-refractivity contribution in [2.24, 2.45) is 0 Å². The number of anilines is 1. The highest BCUT2D eigenvalue weighted by atomic mass is 19.1. The van der Waals surface area contributed by atoms with Crippen molar-refractivity contribution < 1.29 is 13.9 Å². The molecule has 2 aromatic heterocycles. The minimum absolute atomic E-state index is 0.0191. The molecule has 0 spiro atoms. The van der Waals surface area contributed by atoms with Crippen molar-refractivity contribution in [1.82, 2.24) is 19.5 Å². The Labute approximate surface area is 154 Å². The number of nitrogens with two attached hydrogens (primary N) is 1. The first-order valence-corrected chi connectivity index (χ1v) is 8.65. The third kappa shape index (κ3) is 3.00. The zero-order chi connectivity index (χ0) is 19.2. The van der Waals surface area contributed by atoms with Crippen LogP contribution in [0.15, 0.2) is 18.2 Å². The van der Waals surface area contributed by atoms with Crippen LogP contribution in [-0.4, -0.2) is 30.2 Å². The average Bonchev–Trinajstić information content (AvgIpc) is 2.99. The number of hydrogen-bond acceptors (Lipinski definition) is 5. The molecular weight excluding hydrogens is 352 g/mol. The summed E-state index contributed by atoms with van der Waals surface area (Å²) in [5, 5.41) is 10.1. The van der Waals surface area contributed by atoms with Crippen LogP contribution in [0.1, 0.15) is 32.0 Å². The lowest BCUT2D eigenvalue weighted by atomic mass is 9.81. The maximum Gasteiger partial charge on any atom is 0.209 e. The number of nitrogen functional groups attached to an aromatic ring is 1. The van der Waals surface area contributed by atoms with E-state index >= 15 is 0 Å². The molecule has 0 radical (unpaired) electrons. The van der Waals surface area contributed by atoms with Crippen LogP contribution in [0, 0.1) is 23.5 Å². The molecule has 0 aliphatic heterocycles. The lowest BCUT2D eigenvalue weighted by molar-refractivity contribution is 0.0239. The topological polar surface area (TPSA) is 89.9 Å².